The third-order valence-electron chi connectivity index (χ3n) is 2.74. The van der Waals surface area contributed by atoms with Crippen LogP contribution in [0.15, 0.2) is 29.3 Å². The van der Waals surface area contributed by atoms with Crippen molar-refractivity contribution < 1.29 is 0 Å². The van der Waals surface area contributed by atoms with Gasteiger partial charge in [-0.1, -0.05) is 43.0 Å². The molecule has 86 valence electrons. The summed E-state index contributed by atoms with van der Waals surface area (Å²) in [5.74, 6) is 1.90. The molecule has 0 amide bonds. The Morgan fingerprint density at radius 3 is 2.94 bits per heavy atom. The van der Waals surface area contributed by atoms with Gasteiger partial charge in [0.05, 0.1) is 0 Å². The molecule has 1 N–H and O–H groups in total. The first-order chi connectivity index (χ1) is 7.75. The van der Waals surface area contributed by atoms with E-state index in [4.69, 9.17) is 0 Å². The molecule has 1 heterocycles. The Kier molecular flexibility index (Phi) is 3.88. The van der Waals surface area contributed by atoms with Gasteiger partial charge in [-0.3, -0.25) is 4.99 Å². The van der Waals surface area contributed by atoms with Gasteiger partial charge in [0.25, 0.3) is 0 Å². The molecular weight excluding hydrogens is 216 g/mol. The second-order valence-corrected chi connectivity index (χ2v) is 5.35. The summed E-state index contributed by atoms with van der Waals surface area (Å²) in [6.07, 6.45) is 0. The van der Waals surface area contributed by atoms with Crippen molar-refractivity contribution >= 4 is 16.9 Å². The van der Waals surface area contributed by atoms with Crippen molar-refractivity contribution in [1.82, 2.24) is 5.32 Å². The van der Waals surface area contributed by atoms with Crippen LogP contribution in [0.1, 0.15) is 18.1 Å². The molecule has 1 atom stereocenters. The monoisotopic (exact) mass is 234 g/mol. The first kappa shape index (κ1) is 11.5. The highest BCUT2D eigenvalue weighted by atomic mass is 32.2. The van der Waals surface area contributed by atoms with E-state index in [0.717, 1.165) is 18.3 Å². The summed E-state index contributed by atoms with van der Waals surface area (Å²) in [5, 5.41) is 4.51. The Morgan fingerprint density at radius 1 is 1.44 bits per heavy atom. The maximum atomic E-state index is 4.52. The lowest BCUT2D eigenvalue weighted by Gasteiger charge is -2.18. The van der Waals surface area contributed by atoms with Crippen LogP contribution in [0.3, 0.4) is 0 Å². The van der Waals surface area contributed by atoms with Crippen LogP contribution in [-0.2, 0) is 6.54 Å². The first-order valence-corrected chi connectivity index (χ1v) is 6.70. The van der Waals surface area contributed by atoms with Crippen molar-refractivity contribution in [2.75, 3.05) is 12.3 Å². The van der Waals surface area contributed by atoms with Gasteiger partial charge in [0.2, 0.25) is 0 Å². The number of hydrogen-bond donors (Lipinski definition) is 1. The van der Waals surface area contributed by atoms with Gasteiger partial charge in [-0.15, -0.1) is 0 Å². The molecule has 0 aliphatic carbocycles. The molecule has 1 unspecified atom stereocenters. The molecule has 1 aromatic carbocycles. The topological polar surface area (TPSA) is 24.4 Å². The van der Waals surface area contributed by atoms with Crippen LogP contribution in [-0.4, -0.2) is 17.5 Å². The summed E-state index contributed by atoms with van der Waals surface area (Å²) in [4.78, 5) is 4.52. The molecule has 3 heteroatoms. The minimum Gasteiger partial charge on any atom is -0.361 e. The largest absolute Gasteiger partial charge is 0.361 e. The van der Waals surface area contributed by atoms with Gasteiger partial charge in [-0.05, 0) is 24.0 Å². The summed E-state index contributed by atoms with van der Waals surface area (Å²) >= 11 is 1.84. The Hall–Kier alpha value is -0.960. The zero-order valence-electron chi connectivity index (χ0n) is 9.86. The van der Waals surface area contributed by atoms with Crippen LogP contribution >= 0.6 is 11.8 Å². The van der Waals surface area contributed by atoms with Crippen molar-refractivity contribution in [2.45, 2.75) is 20.4 Å². The SMILES string of the molecule is Cc1ccccc1CNC1=NCC(C)CS1. The first-order valence-electron chi connectivity index (χ1n) is 5.71. The van der Waals surface area contributed by atoms with E-state index >= 15 is 0 Å². The van der Waals surface area contributed by atoms with Crippen molar-refractivity contribution in [3.8, 4) is 0 Å². The molecule has 0 radical (unpaired) electrons. The maximum absolute atomic E-state index is 4.52. The molecule has 0 saturated heterocycles. The number of aryl methyl sites for hydroxylation is 1. The fourth-order valence-electron chi connectivity index (χ4n) is 1.64. The average molecular weight is 234 g/mol. The molecule has 0 aromatic heterocycles. The number of aliphatic imine (C=N–C) groups is 1. The highest BCUT2D eigenvalue weighted by molar-refractivity contribution is 8.13. The lowest BCUT2D eigenvalue weighted by molar-refractivity contribution is 0.669. The van der Waals surface area contributed by atoms with Crippen molar-refractivity contribution in [1.29, 1.82) is 0 Å². The van der Waals surface area contributed by atoms with Crippen molar-refractivity contribution in [3.63, 3.8) is 0 Å². The van der Waals surface area contributed by atoms with E-state index < -0.39 is 0 Å². The van der Waals surface area contributed by atoms with E-state index in [1.165, 1.54) is 16.9 Å². The Bertz CT molecular complexity index is 387. The van der Waals surface area contributed by atoms with E-state index in [-0.39, 0.29) is 0 Å². The Balaban J connectivity index is 1.91. The summed E-state index contributed by atoms with van der Waals surface area (Å²) in [6.45, 7) is 6.24. The average Bonchev–Trinajstić information content (AvgIpc) is 2.30. The second kappa shape index (κ2) is 5.39. The fraction of sp³-hybridized carbons (Fsp3) is 0.462. The van der Waals surface area contributed by atoms with E-state index in [9.17, 15) is 0 Å². The summed E-state index contributed by atoms with van der Waals surface area (Å²) < 4.78 is 0. The van der Waals surface area contributed by atoms with Gasteiger partial charge in [-0.2, -0.15) is 0 Å². The van der Waals surface area contributed by atoms with Crippen LogP contribution in [0.4, 0.5) is 0 Å². The molecule has 2 nitrogen and oxygen atoms in total. The molecule has 1 aliphatic rings. The zero-order chi connectivity index (χ0) is 11.4. The summed E-state index contributed by atoms with van der Waals surface area (Å²) in [6, 6.07) is 8.48. The molecular formula is C13H18N2S. The lowest BCUT2D eigenvalue weighted by atomic mass is 10.1. The third-order valence-corrected chi connectivity index (χ3v) is 4.03. The van der Waals surface area contributed by atoms with E-state index in [0.29, 0.717) is 5.92 Å². The Labute approximate surface area is 102 Å². The van der Waals surface area contributed by atoms with Gasteiger partial charge >= 0.3 is 0 Å². The second-order valence-electron chi connectivity index (χ2n) is 4.34. The molecule has 16 heavy (non-hydrogen) atoms. The number of rotatable bonds is 2. The zero-order valence-corrected chi connectivity index (χ0v) is 10.7. The maximum Gasteiger partial charge on any atom is 0.156 e. The standard InChI is InChI=1S/C13H18N2S/c1-10-7-14-13(16-9-10)15-8-12-6-4-3-5-11(12)2/h3-6,10H,7-9H2,1-2H3,(H,14,15). The van der Waals surface area contributed by atoms with E-state index in [1.807, 2.05) is 11.8 Å². The molecule has 0 spiro atoms. The van der Waals surface area contributed by atoms with Crippen molar-refractivity contribution in [2.24, 2.45) is 10.9 Å². The molecule has 1 aromatic rings. The highest BCUT2D eigenvalue weighted by Gasteiger charge is 2.11. The predicted molar refractivity (Wildman–Crippen MR) is 71.9 cm³/mol. The van der Waals surface area contributed by atoms with Crippen molar-refractivity contribution in [3.05, 3.63) is 35.4 Å². The van der Waals surface area contributed by atoms with Gasteiger partial charge in [0.15, 0.2) is 5.17 Å². The van der Waals surface area contributed by atoms with Gasteiger partial charge in [0, 0.05) is 18.8 Å². The van der Waals surface area contributed by atoms with Gasteiger partial charge in [-0.25, -0.2) is 0 Å². The fourth-order valence-corrected chi connectivity index (χ4v) is 2.53. The number of amidine groups is 1. The molecule has 2 rings (SSSR count). The molecule has 1 aliphatic heterocycles. The molecule has 0 fully saturated rings. The minimum atomic E-state index is 0.717. The minimum absolute atomic E-state index is 0.717. The lowest BCUT2D eigenvalue weighted by Crippen LogP contribution is -2.25. The number of nitrogens with one attached hydrogen (secondary N) is 1. The summed E-state index contributed by atoms with van der Waals surface area (Å²) in [7, 11) is 0. The number of hydrogen-bond acceptors (Lipinski definition) is 3. The van der Waals surface area contributed by atoms with Crippen LogP contribution < -0.4 is 5.32 Å². The van der Waals surface area contributed by atoms with Crippen LogP contribution in [0.25, 0.3) is 0 Å². The van der Waals surface area contributed by atoms with Gasteiger partial charge < -0.3 is 5.32 Å². The third kappa shape index (κ3) is 3.01. The van der Waals surface area contributed by atoms with E-state index in [2.05, 4.69) is 48.4 Å². The van der Waals surface area contributed by atoms with Crippen LogP contribution in [0, 0.1) is 12.8 Å². The number of benzene rings is 1. The van der Waals surface area contributed by atoms with E-state index in [1.54, 1.807) is 0 Å². The normalized spacial score (nSPS) is 20.4. The van der Waals surface area contributed by atoms with Crippen LogP contribution in [0.5, 0.6) is 0 Å². The number of nitrogens with zero attached hydrogens (tertiary/aromatic N) is 1. The quantitative estimate of drug-likeness (QED) is 0.851. The number of thioether (sulfide) groups is 1. The molecule has 0 saturated carbocycles. The molecule has 0 bridgehead atoms. The highest BCUT2D eigenvalue weighted by Crippen LogP contribution is 2.16. The summed E-state index contributed by atoms with van der Waals surface area (Å²) in [5.41, 5.74) is 2.69. The smallest absolute Gasteiger partial charge is 0.156 e. The van der Waals surface area contributed by atoms with Crippen LogP contribution in [0.2, 0.25) is 0 Å². The van der Waals surface area contributed by atoms with Gasteiger partial charge in [0.1, 0.15) is 0 Å². The Morgan fingerprint density at radius 2 is 2.25 bits per heavy atom. The predicted octanol–water partition coefficient (Wildman–Crippen LogP) is 2.82.